The fourth-order valence-corrected chi connectivity index (χ4v) is 3.28. The highest BCUT2D eigenvalue weighted by molar-refractivity contribution is 7.89. The van der Waals surface area contributed by atoms with Gasteiger partial charge in [0.2, 0.25) is 10.0 Å². The molecule has 1 aliphatic rings. The van der Waals surface area contributed by atoms with Crippen LogP contribution < -0.4 is 9.46 Å². The number of sulfonamides is 1. The minimum atomic E-state index is -3.11. The third-order valence-corrected chi connectivity index (χ3v) is 4.57. The molecule has 0 amide bonds. The zero-order valence-corrected chi connectivity index (χ0v) is 11.4. The van der Waals surface area contributed by atoms with Crippen molar-refractivity contribution in [2.75, 3.05) is 18.9 Å². The number of hydrogen-bond donors (Lipinski definition) is 1. The summed E-state index contributed by atoms with van der Waals surface area (Å²) in [6.45, 7) is 2.89. The van der Waals surface area contributed by atoms with E-state index in [1.54, 1.807) is 0 Å². The molecule has 1 N–H and O–H groups in total. The number of hydrogen-bond acceptors (Lipinski definition) is 3. The van der Waals surface area contributed by atoms with Crippen molar-refractivity contribution in [2.24, 2.45) is 5.92 Å². The van der Waals surface area contributed by atoms with Crippen molar-refractivity contribution in [1.29, 1.82) is 0 Å². The Kier molecular flexibility index (Phi) is 4.24. The summed E-state index contributed by atoms with van der Waals surface area (Å²) in [5, 5.41) is 0. The summed E-state index contributed by atoms with van der Waals surface area (Å²) >= 11 is 0. The SMILES string of the molecule is CCCS(=O)(=O)NCC1COc2ccccc2C1. The lowest BCUT2D eigenvalue weighted by atomic mass is 9.97. The topological polar surface area (TPSA) is 55.4 Å². The van der Waals surface area contributed by atoms with Crippen LogP contribution in [0.25, 0.3) is 0 Å². The first-order valence-corrected chi connectivity index (χ1v) is 7.94. The maximum atomic E-state index is 11.6. The van der Waals surface area contributed by atoms with E-state index in [1.807, 2.05) is 31.2 Å². The predicted octanol–water partition coefficient (Wildman–Crippen LogP) is 1.57. The van der Waals surface area contributed by atoms with Crippen molar-refractivity contribution in [3.8, 4) is 5.75 Å². The molecule has 1 aromatic carbocycles. The van der Waals surface area contributed by atoms with E-state index >= 15 is 0 Å². The van der Waals surface area contributed by atoms with Gasteiger partial charge < -0.3 is 4.74 Å². The molecule has 0 bridgehead atoms. The average molecular weight is 269 g/mol. The van der Waals surface area contributed by atoms with Crippen molar-refractivity contribution in [2.45, 2.75) is 19.8 Å². The molecule has 18 heavy (non-hydrogen) atoms. The van der Waals surface area contributed by atoms with Gasteiger partial charge in [-0.05, 0) is 24.5 Å². The number of ether oxygens (including phenoxy) is 1. The third kappa shape index (κ3) is 3.46. The zero-order chi connectivity index (χ0) is 13.0. The summed E-state index contributed by atoms with van der Waals surface area (Å²) < 4.78 is 31.4. The quantitative estimate of drug-likeness (QED) is 0.882. The van der Waals surface area contributed by atoms with Crippen LogP contribution in [0.2, 0.25) is 0 Å². The second-order valence-corrected chi connectivity index (χ2v) is 6.58. The molecule has 0 spiro atoms. The second kappa shape index (κ2) is 5.71. The summed E-state index contributed by atoms with van der Waals surface area (Å²) in [4.78, 5) is 0. The molecular weight excluding hydrogens is 250 g/mol. The van der Waals surface area contributed by atoms with Crippen LogP contribution in [-0.2, 0) is 16.4 Å². The summed E-state index contributed by atoms with van der Waals surface area (Å²) in [7, 11) is -3.11. The Hall–Kier alpha value is -1.07. The largest absolute Gasteiger partial charge is 0.493 e. The predicted molar refractivity (Wildman–Crippen MR) is 71.2 cm³/mol. The van der Waals surface area contributed by atoms with Gasteiger partial charge in [0.05, 0.1) is 12.4 Å². The van der Waals surface area contributed by atoms with Crippen molar-refractivity contribution in [1.82, 2.24) is 4.72 Å². The first-order valence-electron chi connectivity index (χ1n) is 6.29. The first-order chi connectivity index (χ1) is 8.61. The van der Waals surface area contributed by atoms with Crippen LogP contribution in [0.1, 0.15) is 18.9 Å². The van der Waals surface area contributed by atoms with Crippen LogP contribution in [0.4, 0.5) is 0 Å². The summed E-state index contributed by atoms with van der Waals surface area (Å²) in [6.07, 6.45) is 1.50. The second-order valence-electron chi connectivity index (χ2n) is 4.66. The van der Waals surface area contributed by atoms with Gasteiger partial charge in [-0.2, -0.15) is 0 Å². The van der Waals surface area contributed by atoms with Gasteiger partial charge in [-0.15, -0.1) is 0 Å². The van der Waals surface area contributed by atoms with Crippen LogP contribution in [0.5, 0.6) is 5.75 Å². The van der Waals surface area contributed by atoms with Gasteiger partial charge in [-0.25, -0.2) is 13.1 Å². The number of nitrogens with one attached hydrogen (secondary N) is 1. The van der Waals surface area contributed by atoms with Crippen LogP contribution in [-0.4, -0.2) is 27.3 Å². The molecule has 0 saturated carbocycles. The van der Waals surface area contributed by atoms with E-state index in [-0.39, 0.29) is 11.7 Å². The Morgan fingerprint density at radius 1 is 1.39 bits per heavy atom. The molecule has 5 heteroatoms. The van der Waals surface area contributed by atoms with Gasteiger partial charge >= 0.3 is 0 Å². The van der Waals surface area contributed by atoms with Crippen molar-refractivity contribution in [3.05, 3.63) is 29.8 Å². The van der Waals surface area contributed by atoms with Crippen molar-refractivity contribution >= 4 is 10.0 Å². The third-order valence-electron chi connectivity index (χ3n) is 3.02. The van der Waals surface area contributed by atoms with E-state index in [0.717, 1.165) is 17.7 Å². The Morgan fingerprint density at radius 2 is 2.17 bits per heavy atom. The number of para-hydroxylation sites is 1. The van der Waals surface area contributed by atoms with Gasteiger partial charge in [-0.3, -0.25) is 0 Å². The molecule has 0 radical (unpaired) electrons. The number of rotatable bonds is 5. The molecular formula is C13H19NO3S. The van der Waals surface area contributed by atoms with E-state index in [1.165, 1.54) is 0 Å². The van der Waals surface area contributed by atoms with Crippen molar-refractivity contribution in [3.63, 3.8) is 0 Å². The Morgan fingerprint density at radius 3 is 2.94 bits per heavy atom. The van der Waals surface area contributed by atoms with E-state index in [9.17, 15) is 8.42 Å². The molecule has 100 valence electrons. The van der Waals surface area contributed by atoms with Gasteiger partial charge in [-0.1, -0.05) is 25.1 Å². The van der Waals surface area contributed by atoms with Gasteiger partial charge in [0.15, 0.2) is 0 Å². The minimum absolute atomic E-state index is 0.192. The summed E-state index contributed by atoms with van der Waals surface area (Å²) in [6, 6.07) is 7.91. The first kappa shape index (κ1) is 13.4. The fraction of sp³-hybridized carbons (Fsp3) is 0.538. The maximum Gasteiger partial charge on any atom is 0.211 e. The molecule has 1 aliphatic heterocycles. The van der Waals surface area contributed by atoms with Gasteiger partial charge in [0.1, 0.15) is 5.75 Å². The fourth-order valence-electron chi connectivity index (χ4n) is 2.11. The van der Waals surface area contributed by atoms with Crippen LogP contribution in [0.15, 0.2) is 24.3 Å². The smallest absolute Gasteiger partial charge is 0.211 e. The van der Waals surface area contributed by atoms with Crippen LogP contribution in [0, 0.1) is 5.92 Å². The van der Waals surface area contributed by atoms with Gasteiger partial charge in [0.25, 0.3) is 0 Å². The highest BCUT2D eigenvalue weighted by Crippen LogP contribution is 2.26. The average Bonchev–Trinajstić information content (AvgIpc) is 2.36. The summed E-state index contributed by atoms with van der Waals surface area (Å²) in [5.41, 5.74) is 1.16. The highest BCUT2D eigenvalue weighted by Gasteiger charge is 2.21. The molecule has 2 rings (SSSR count). The molecule has 4 nitrogen and oxygen atoms in total. The molecule has 0 saturated heterocycles. The number of fused-ring (bicyclic) bond motifs is 1. The van der Waals surface area contributed by atoms with Crippen LogP contribution in [0.3, 0.4) is 0 Å². The van der Waals surface area contributed by atoms with E-state index < -0.39 is 10.0 Å². The molecule has 1 atom stereocenters. The molecule has 0 aromatic heterocycles. The minimum Gasteiger partial charge on any atom is -0.493 e. The maximum absolute atomic E-state index is 11.6. The van der Waals surface area contributed by atoms with Crippen molar-refractivity contribution < 1.29 is 13.2 Å². The monoisotopic (exact) mass is 269 g/mol. The molecule has 1 aromatic rings. The normalized spacial score (nSPS) is 19.1. The molecule has 0 fully saturated rings. The Labute approximate surface area is 108 Å². The summed E-state index contributed by atoms with van der Waals surface area (Å²) in [5.74, 6) is 1.33. The Bertz CT molecular complexity index is 499. The zero-order valence-electron chi connectivity index (χ0n) is 10.6. The Balaban J connectivity index is 1.91. The lowest BCUT2D eigenvalue weighted by Gasteiger charge is -2.25. The van der Waals surface area contributed by atoms with E-state index in [0.29, 0.717) is 19.6 Å². The molecule has 1 heterocycles. The van der Waals surface area contributed by atoms with Gasteiger partial charge in [0, 0.05) is 12.5 Å². The number of benzene rings is 1. The standard InChI is InChI=1S/C13H19NO3S/c1-2-7-18(15,16)14-9-11-8-12-5-3-4-6-13(12)17-10-11/h3-6,11,14H,2,7-10H2,1H3. The highest BCUT2D eigenvalue weighted by atomic mass is 32.2. The molecule has 1 unspecified atom stereocenters. The van der Waals surface area contributed by atoms with E-state index in [4.69, 9.17) is 4.74 Å². The lowest BCUT2D eigenvalue weighted by molar-refractivity contribution is 0.223. The lowest BCUT2D eigenvalue weighted by Crippen LogP contribution is -2.35. The van der Waals surface area contributed by atoms with Crippen LogP contribution >= 0.6 is 0 Å². The molecule has 0 aliphatic carbocycles. The van der Waals surface area contributed by atoms with E-state index in [2.05, 4.69) is 4.72 Å².